The van der Waals surface area contributed by atoms with E-state index in [1.165, 1.54) is 18.9 Å². The van der Waals surface area contributed by atoms with Gasteiger partial charge in [-0.25, -0.2) is 4.79 Å². The molecule has 0 aliphatic heterocycles. The Labute approximate surface area is 109 Å². The summed E-state index contributed by atoms with van der Waals surface area (Å²) < 4.78 is 0. The summed E-state index contributed by atoms with van der Waals surface area (Å²) in [5.41, 5.74) is 7.82. The van der Waals surface area contributed by atoms with Gasteiger partial charge in [0.2, 0.25) is 5.96 Å². The molecule has 0 aliphatic rings. The van der Waals surface area contributed by atoms with Gasteiger partial charge in [-0.1, -0.05) is 44.4 Å². The van der Waals surface area contributed by atoms with Crippen molar-refractivity contribution in [3.8, 4) is 0 Å². The second kappa shape index (κ2) is 11.7. The number of nitrogens with two attached hydrogens (primary N) is 1. The van der Waals surface area contributed by atoms with Crippen molar-refractivity contribution in [3.63, 3.8) is 0 Å². The summed E-state index contributed by atoms with van der Waals surface area (Å²) in [7, 11) is 0. The molecule has 0 amide bonds. The monoisotopic (exact) mass is 253 g/mol. The number of hydrogen-bond donors (Lipinski definition) is 2. The topological polar surface area (TPSA) is 76.7 Å². The number of guanidine groups is 1. The summed E-state index contributed by atoms with van der Waals surface area (Å²) in [5.74, 6) is -0.392. The highest BCUT2D eigenvalue weighted by Gasteiger charge is 1.97. The molecule has 0 spiro atoms. The first-order valence-electron chi connectivity index (χ1n) is 6.26. The minimum atomic E-state index is -0.516. The Balaban J connectivity index is 3.71. The smallest absolute Gasteiger partial charge is 0.355 e. The molecule has 0 aliphatic carbocycles. The first-order valence-corrected chi connectivity index (χ1v) is 6.26. The predicted molar refractivity (Wildman–Crippen MR) is 73.8 cm³/mol. The van der Waals surface area contributed by atoms with Crippen molar-refractivity contribution in [2.75, 3.05) is 6.54 Å². The Kier molecular flexibility index (Phi) is 10.5. The number of aliphatic imine (C=N–C) groups is 1. The molecule has 18 heavy (non-hydrogen) atoms. The number of nitrogens with zero attached hydrogens (tertiary/aromatic N) is 1. The molecule has 0 saturated heterocycles. The molecule has 0 aromatic heterocycles. The van der Waals surface area contributed by atoms with E-state index >= 15 is 0 Å². The Morgan fingerprint density at radius 2 is 2.11 bits per heavy atom. The second-order valence-corrected chi connectivity index (χ2v) is 3.74. The molecule has 3 N–H and O–H groups in total. The van der Waals surface area contributed by atoms with Gasteiger partial charge in [-0.15, -0.1) is 0 Å². The third-order valence-electron chi connectivity index (χ3n) is 2.09. The van der Waals surface area contributed by atoms with Gasteiger partial charge in [0.05, 0.1) is 0 Å². The van der Waals surface area contributed by atoms with Crippen LogP contribution in [0.15, 0.2) is 29.3 Å². The van der Waals surface area contributed by atoms with Crippen molar-refractivity contribution in [1.82, 2.24) is 5.48 Å². The largest absolute Gasteiger partial charge is 0.368 e. The molecule has 0 unspecified atom stereocenters. The number of hydroxylamine groups is 1. The van der Waals surface area contributed by atoms with Crippen LogP contribution in [0.25, 0.3) is 0 Å². The summed E-state index contributed by atoms with van der Waals surface area (Å²) in [4.78, 5) is 19.8. The zero-order chi connectivity index (χ0) is 13.6. The minimum absolute atomic E-state index is 0.124. The highest BCUT2D eigenvalue weighted by Crippen LogP contribution is 1.98. The van der Waals surface area contributed by atoms with Crippen molar-refractivity contribution < 1.29 is 9.63 Å². The molecule has 0 aromatic carbocycles. The highest BCUT2D eigenvalue weighted by atomic mass is 16.7. The van der Waals surface area contributed by atoms with E-state index in [1.807, 2.05) is 13.0 Å². The van der Waals surface area contributed by atoms with Crippen LogP contribution < -0.4 is 11.2 Å². The number of rotatable bonds is 7. The van der Waals surface area contributed by atoms with Crippen molar-refractivity contribution in [2.45, 2.75) is 39.5 Å². The van der Waals surface area contributed by atoms with Gasteiger partial charge in [-0.2, -0.15) is 5.48 Å². The Morgan fingerprint density at radius 1 is 1.33 bits per heavy atom. The molecular weight excluding hydrogens is 230 g/mol. The summed E-state index contributed by atoms with van der Waals surface area (Å²) in [5, 5.41) is 0. The van der Waals surface area contributed by atoms with Crippen LogP contribution in [-0.4, -0.2) is 18.5 Å². The van der Waals surface area contributed by atoms with Crippen molar-refractivity contribution in [2.24, 2.45) is 10.7 Å². The summed E-state index contributed by atoms with van der Waals surface area (Å²) in [6.07, 6.45) is 10.9. The van der Waals surface area contributed by atoms with Gasteiger partial charge in [0.25, 0.3) is 0 Å². The van der Waals surface area contributed by atoms with E-state index in [1.54, 1.807) is 12.2 Å². The first kappa shape index (κ1) is 16.2. The number of hydrogen-bond acceptors (Lipinski definition) is 3. The average Bonchev–Trinajstić information content (AvgIpc) is 2.36. The number of unbranched alkanes of at least 4 members (excludes halogenated alkanes) is 3. The maximum Gasteiger partial charge on any atom is 0.355 e. The van der Waals surface area contributed by atoms with Gasteiger partial charge < -0.3 is 10.6 Å². The Bertz CT molecular complexity index is 309. The number of carbonyl (C=O) groups excluding carboxylic acids is 1. The minimum Gasteiger partial charge on any atom is -0.368 e. The van der Waals surface area contributed by atoms with Crippen molar-refractivity contribution >= 4 is 11.9 Å². The van der Waals surface area contributed by atoms with E-state index in [2.05, 4.69) is 22.2 Å². The number of nitrogens with one attached hydrogen (secondary N) is 1. The zero-order valence-corrected chi connectivity index (χ0v) is 11.2. The van der Waals surface area contributed by atoms with E-state index in [0.717, 1.165) is 12.8 Å². The van der Waals surface area contributed by atoms with Gasteiger partial charge in [-0.05, 0) is 13.3 Å². The zero-order valence-electron chi connectivity index (χ0n) is 11.2. The molecule has 0 rings (SSSR count). The quantitative estimate of drug-likeness (QED) is 0.182. The van der Waals surface area contributed by atoms with E-state index in [4.69, 9.17) is 5.73 Å². The third-order valence-corrected chi connectivity index (χ3v) is 2.09. The molecule has 5 nitrogen and oxygen atoms in total. The van der Waals surface area contributed by atoms with Gasteiger partial charge in [0, 0.05) is 12.6 Å². The molecule has 0 aromatic rings. The summed E-state index contributed by atoms with van der Waals surface area (Å²) in [6.45, 7) is 4.65. The van der Waals surface area contributed by atoms with E-state index in [0.29, 0.717) is 6.54 Å². The lowest BCUT2D eigenvalue weighted by Gasteiger charge is -2.03. The SMILES string of the molecule is C/C=C/C=C/C(=O)ONC(N)=NCCCCCC. The predicted octanol–water partition coefficient (Wildman–Crippen LogP) is 2.06. The fraction of sp³-hybridized carbons (Fsp3) is 0.538. The van der Waals surface area contributed by atoms with Crippen LogP contribution in [0, 0.1) is 0 Å². The maximum absolute atomic E-state index is 11.1. The van der Waals surface area contributed by atoms with E-state index in [9.17, 15) is 4.79 Å². The van der Waals surface area contributed by atoms with Crippen molar-refractivity contribution in [1.29, 1.82) is 0 Å². The molecule has 102 valence electrons. The highest BCUT2D eigenvalue weighted by molar-refractivity contribution is 5.84. The van der Waals surface area contributed by atoms with Gasteiger partial charge in [0.15, 0.2) is 0 Å². The molecule has 0 bridgehead atoms. The van der Waals surface area contributed by atoms with Crippen LogP contribution in [0.3, 0.4) is 0 Å². The van der Waals surface area contributed by atoms with Gasteiger partial charge in [0.1, 0.15) is 0 Å². The Hall–Kier alpha value is -1.78. The maximum atomic E-state index is 11.1. The van der Waals surface area contributed by atoms with Crippen LogP contribution in [0.2, 0.25) is 0 Å². The fourth-order valence-corrected chi connectivity index (χ4v) is 1.15. The van der Waals surface area contributed by atoms with E-state index < -0.39 is 5.97 Å². The molecule has 0 saturated carbocycles. The average molecular weight is 253 g/mol. The van der Waals surface area contributed by atoms with Gasteiger partial charge in [-0.3, -0.25) is 4.99 Å². The van der Waals surface area contributed by atoms with E-state index in [-0.39, 0.29) is 5.96 Å². The van der Waals surface area contributed by atoms with Crippen LogP contribution >= 0.6 is 0 Å². The summed E-state index contributed by atoms with van der Waals surface area (Å²) in [6, 6.07) is 0. The molecule has 0 radical (unpaired) electrons. The van der Waals surface area contributed by atoms with Crippen LogP contribution in [0.1, 0.15) is 39.5 Å². The lowest BCUT2D eigenvalue weighted by molar-refractivity contribution is -0.141. The molecule has 0 atom stereocenters. The molecule has 0 fully saturated rings. The summed E-state index contributed by atoms with van der Waals surface area (Å²) >= 11 is 0. The first-order chi connectivity index (χ1) is 8.70. The van der Waals surface area contributed by atoms with Crippen molar-refractivity contribution in [3.05, 3.63) is 24.3 Å². The standard InChI is InChI=1S/C13H23N3O2/c1-3-5-7-9-11-15-13(14)16-18-12(17)10-8-6-4-2/h4,6,8,10H,3,5,7,9,11H2,1-2H3,(H3,14,15,16)/b6-4+,10-8+. The normalized spacial score (nSPS) is 12.2. The molecule has 0 heterocycles. The van der Waals surface area contributed by atoms with Crippen LogP contribution in [0.5, 0.6) is 0 Å². The van der Waals surface area contributed by atoms with Crippen LogP contribution in [-0.2, 0) is 9.63 Å². The number of allylic oxidation sites excluding steroid dienone is 3. The Morgan fingerprint density at radius 3 is 2.78 bits per heavy atom. The lowest BCUT2D eigenvalue weighted by Crippen LogP contribution is -2.33. The van der Waals surface area contributed by atoms with Gasteiger partial charge >= 0.3 is 5.97 Å². The van der Waals surface area contributed by atoms with Crippen LogP contribution in [0.4, 0.5) is 0 Å². The fourth-order valence-electron chi connectivity index (χ4n) is 1.15. The molecular formula is C13H23N3O2. The lowest BCUT2D eigenvalue weighted by atomic mass is 10.2. The number of carbonyl (C=O) groups is 1. The second-order valence-electron chi connectivity index (χ2n) is 3.74. The molecule has 5 heteroatoms. The third kappa shape index (κ3) is 10.7.